The van der Waals surface area contributed by atoms with Gasteiger partial charge in [-0.1, -0.05) is 61.7 Å². The Bertz CT molecular complexity index is 1130. The molecule has 0 aromatic heterocycles. The molecule has 0 saturated heterocycles. The fourth-order valence-corrected chi connectivity index (χ4v) is 5.01. The largest absolute Gasteiger partial charge is 0.384 e. The molecule has 1 aliphatic carbocycles. The zero-order valence-electron chi connectivity index (χ0n) is 22.9. The van der Waals surface area contributed by atoms with E-state index in [4.69, 9.17) is 0 Å². The molecule has 1 saturated carbocycles. The molecule has 0 aliphatic heterocycles. The van der Waals surface area contributed by atoms with Crippen molar-refractivity contribution < 1.29 is 4.79 Å². The molecular formula is C32H42N4O. The normalized spacial score (nSPS) is 14.0. The van der Waals surface area contributed by atoms with Crippen molar-refractivity contribution in [2.75, 3.05) is 56.4 Å². The standard InChI is InChI=1S/C32H42N4O/c1-34(2)22-21-33-29-11-8-12-31(23-29)36(32(37)28-9-6-5-7-10-28)24-25-13-15-26(16-14-25)27-17-19-30(20-18-27)35(3)4/h8,11-20,23,28,33H,5-7,9-10,21-22,24H2,1-4H3. The van der Waals surface area contributed by atoms with Crippen LogP contribution >= 0.6 is 0 Å². The summed E-state index contributed by atoms with van der Waals surface area (Å²) >= 11 is 0. The second-order valence-electron chi connectivity index (χ2n) is 10.7. The van der Waals surface area contributed by atoms with E-state index in [1.165, 1.54) is 23.2 Å². The topological polar surface area (TPSA) is 38.8 Å². The lowest BCUT2D eigenvalue weighted by molar-refractivity contribution is -0.123. The number of amides is 1. The molecule has 4 rings (SSSR count). The molecule has 1 fully saturated rings. The van der Waals surface area contributed by atoms with Crippen LogP contribution in [-0.2, 0) is 11.3 Å². The first-order valence-electron chi connectivity index (χ1n) is 13.6. The SMILES string of the molecule is CN(C)CCNc1cccc(N(Cc2ccc(-c3ccc(N(C)C)cc3)cc2)C(=O)C2CCCCC2)c1. The van der Waals surface area contributed by atoms with Gasteiger partial charge in [0.25, 0.3) is 0 Å². The van der Waals surface area contributed by atoms with Crippen LogP contribution in [0.1, 0.15) is 37.7 Å². The van der Waals surface area contributed by atoms with Crippen LogP contribution in [-0.4, -0.2) is 52.1 Å². The average molecular weight is 499 g/mol. The summed E-state index contributed by atoms with van der Waals surface area (Å²) in [6, 6.07) is 25.6. The first kappa shape index (κ1) is 26.7. The van der Waals surface area contributed by atoms with Crippen LogP contribution in [0.4, 0.5) is 17.1 Å². The summed E-state index contributed by atoms with van der Waals surface area (Å²) in [7, 11) is 8.26. The van der Waals surface area contributed by atoms with Crippen molar-refractivity contribution in [3.8, 4) is 11.1 Å². The monoisotopic (exact) mass is 498 g/mol. The van der Waals surface area contributed by atoms with E-state index in [1.807, 2.05) is 4.90 Å². The van der Waals surface area contributed by atoms with Gasteiger partial charge in [-0.3, -0.25) is 4.79 Å². The summed E-state index contributed by atoms with van der Waals surface area (Å²) in [4.78, 5) is 20.1. The highest BCUT2D eigenvalue weighted by Gasteiger charge is 2.27. The van der Waals surface area contributed by atoms with Crippen LogP contribution in [0.15, 0.2) is 72.8 Å². The average Bonchev–Trinajstić information content (AvgIpc) is 2.92. The van der Waals surface area contributed by atoms with E-state index in [9.17, 15) is 4.79 Å². The van der Waals surface area contributed by atoms with E-state index in [0.29, 0.717) is 6.54 Å². The number of hydrogen-bond donors (Lipinski definition) is 1. The van der Waals surface area contributed by atoms with E-state index < -0.39 is 0 Å². The number of anilines is 3. The molecule has 1 aliphatic rings. The van der Waals surface area contributed by atoms with Crippen LogP contribution in [0.5, 0.6) is 0 Å². The third kappa shape index (κ3) is 7.36. The lowest BCUT2D eigenvalue weighted by atomic mass is 9.88. The Balaban J connectivity index is 1.54. The molecule has 37 heavy (non-hydrogen) atoms. The van der Waals surface area contributed by atoms with Crippen molar-refractivity contribution in [3.63, 3.8) is 0 Å². The minimum atomic E-state index is 0.119. The van der Waals surface area contributed by atoms with Crippen LogP contribution in [0.25, 0.3) is 11.1 Å². The van der Waals surface area contributed by atoms with Gasteiger partial charge in [0.1, 0.15) is 0 Å². The summed E-state index contributed by atoms with van der Waals surface area (Å²) < 4.78 is 0. The van der Waals surface area contributed by atoms with Gasteiger partial charge in [0.05, 0.1) is 6.54 Å². The Morgan fingerprint density at radius 2 is 1.46 bits per heavy atom. The van der Waals surface area contributed by atoms with Gasteiger partial charge in [0.2, 0.25) is 5.91 Å². The summed E-state index contributed by atoms with van der Waals surface area (Å²) in [6.07, 6.45) is 5.54. The third-order valence-corrected chi connectivity index (χ3v) is 7.28. The van der Waals surface area contributed by atoms with Crippen molar-refractivity contribution in [3.05, 3.63) is 78.4 Å². The van der Waals surface area contributed by atoms with Crippen molar-refractivity contribution in [2.45, 2.75) is 38.6 Å². The maximum Gasteiger partial charge on any atom is 0.230 e. The molecule has 5 nitrogen and oxygen atoms in total. The van der Waals surface area contributed by atoms with Gasteiger partial charge in [-0.25, -0.2) is 0 Å². The number of carbonyl (C=O) groups is 1. The Hall–Kier alpha value is -3.31. The molecule has 0 radical (unpaired) electrons. The van der Waals surface area contributed by atoms with Gasteiger partial charge in [-0.15, -0.1) is 0 Å². The Morgan fingerprint density at radius 3 is 2.08 bits per heavy atom. The first-order chi connectivity index (χ1) is 17.9. The van der Waals surface area contributed by atoms with Crippen LogP contribution in [0, 0.1) is 5.92 Å². The maximum absolute atomic E-state index is 13.8. The smallest absolute Gasteiger partial charge is 0.230 e. The molecule has 1 N–H and O–H groups in total. The summed E-state index contributed by atoms with van der Waals surface area (Å²) in [6.45, 7) is 2.40. The van der Waals surface area contributed by atoms with Crippen LogP contribution in [0.2, 0.25) is 0 Å². The second kappa shape index (κ2) is 12.8. The molecule has 1 amide bonds. The summed E-state index contributed by atoms with van der Waals surface area (Å²) in [5, 5.41) is 3.51. The van der Waals surface area contributed by atoms with E-state index in [1.54, 1.807) is 0 Å². The third-order valence-electron chi connectivity index (χ3n) is 7.28. The van der Waals surface area contributed by atoms with Gasteiger partial charge in [0, 0.05) is 50.2 Å². The highest BCUT2D eigenvalue weighted by atomic mass is 16.2. The number of hydrogen-bond acceptors (Lipinski definition) is 4. The fraction of sp³-hybridized carbons (Fsp3) is 0.406. The summed E-state index contributed by atoms with van der Waals surface area (Å²) in [5.74, 6) is 0.377. The number of rotatable bonds is 10. The van der Waals surface area contributed by atoms with Crippen molar-refractivity contribution >= 4 is 23.0 Å². The molecule has 196 valence electrons. The van der Waals surface area contributed by atoms with Crippen LogP contribution < -0.4 is 15.1 Å². The lowest BCUT2D eigenvalue weighted by Gasteiger charge is -2.30. The van der Waals surface area contributed by atoms with Gasteiger partial charge in [-0.05, 0) is 74.0 Å². The Labute approximate surface area is 223 Å². The van der Waals surface area contributed by atoms with E-state index >= 15 is 0 Å². The molecule has 0 bridgehead atoms. The number of benzene rings is 3. The van der Waals surface area contributed by atoms with Crippen molar-refractivity contribution in [1.82, 2.24) is 4.90 Å². The number of likely N-dealkylation sites (N-methyl/N-ethyl adjacent to an activating group) is 1. The minimum absolute atomic E-state index is 0.119. The van der Waals surface area contributed by atoms with E-state index in [2.05, 4.69) is 116 Å². The maximum atomic E-state index is 13.8. The molecule has 5 heteroatoms. The van der Waals surface area contributed by atoms with Gasteiger partial charge < -0.3 is 20.0 Å². The van der Waals surface area contributed by atoms with Crippen LogP contribution in [0.3, 0.4) is 0 Å². The van der Waals surface area contributed by atoms with E-state index in [-0.39, 0.29) is 11.8 Å². The number of nitrogens with one attached hydrogen (secondary N) is 1. The molecule has 3 aromatic carbocycles. The quantitative estimate of drug-likeness (QED) is 0.346. The molecule has 3 aromatic rings. The van der Waals surface area contributed by atoms with Crippen molar-refractivity contribution in [2.24, 2.45) is 5.92 Å². The van der Waals surface area contributed by atoms with Gasteiger partial charge in [-0.2, -0.15) is 0 Å². The highest BCUT2D eigenvalue weighted by Crippen LogP contribution is 2.30. The minimum Gasteiger partial charge on any atom is -0.384 e. The fourth-order valence-electron chi connectivity index (χ4n) is 5.01. The lowest BCUT2D eigenvalue weighted by Crippen LogP contribution is -2.36. The van der Waals surface area contributed by atoms with E-state index in [0.717, 1.165) is 55.7 Å². The number of carbonyl (C=O) groups excluding carboxylic acids is 1. The van der Waals surface area contributed by atoms with Crippen molar-refractivity contribution in [1.29, 1.82) is 0 Å². The molecule has 0 unspecified atom stereocenters. The van der Waals surface area contributed by atoms with Gasteiger partial charge in [0.15, 0.2) is 0 Å². The summed E-state index contributed by atoms with van der Waals surface area (Å²) in [5.41, 5.74) is 6.74. The zero-order valence-corrected chi connectivity index (χ0v) is 22.9. The predicted molar refractivity (Wildman–Crippen MR) is 157 cm³/mol. The predicted octanol–water partition coefficient (Wildman–Crippen LogP) is 6.51. The number of nitrogens with zero attached hydrogens (tertiary/aromatic N) is 3. The zero-order chi connectivity index (χ0) is 26.2. The molecule has 0 spiro atoms. The first-order valence-corrected chi connectivity index (χ1v) is 13.6. The second-order valence-corrected chi connectivity index (χ2v) is 10.7. The molecular weight excluding hydrogens is 456 g/mol. The Morgan fingerprint density at radius 1 is 0.811 bits per heavy atom. The van der Waals surface area contributed by atoms with Gasteiger partial charge >= 0.3 is 0 Å². The molecule has 0 heterocycles. The molecule has 0 atom stereocenters. The Kier molecular flexibility index (Phi) is 9.24. The highest BCUT2D eigenvalue weighted by molar-refractivity contribution is 5.95.